The molecule has 0 aliphatic carbocycles. The van der Waals surface area contributed by atoms with E-state index in [1.807, 2.05) is 30.3 Å². The molecule has 2 N–H and O–H groups in total. The molecule has 4 aromatic carbocycles. The Bertz CT molecular complexity index is 1850. The molecule has 0 spiro atoms. The number of benzene rings is 4. The molecular formula is C34H28ClF5N4O2S. The molecule has 244 valence electrons. The highest BCUT2D eigenvalue weighted by Crippen LogP contribution is 2.34. The molecule has 13 heteroatoms. The molecule has 0 saturated heterocycles. The highest BCUT2D eigenvalue weighted by molar-refractivity contribution is 7.98. The molecule has 1 aromatic heterocycles. The number of phenols is 1. The van der Waals surface area contributed by atoms with E-state index in [1.54, 1.807) is 41.0 Å². The monoisotopic (exact) mass is 686 g/mol. The average Bonchev–Trinajstić information content (AvgIpc) is 3.50. The molecule has 47 heavy (non-hydrogen) atoms. The summed E-state index contributed by atoms with van der Waals surface area (Å²) in [5, 5.41) is 22.1. The fraction of sp³-hybridized carbons (Fsp3) is 0.206. The molecule has 0 radical (unpaired) electrons. The predicted molar refractivity (Wildman–Crippen MR) is 169 cm³/mol. The van der Waals surface area contributed by atoms with Gasteiger partial charge in [-0.2, -0.15) is 0 Å². The second-order valence-corrected chi connectivity index (χ2v) is 12.0. The number of hydrogen-bond donors (Lipinski definition) is 2. The van der Waals surface area contributed by atoms with Crippen LogP contribution in [0.1, 0.15) is 52.5 Å². The molecule has 0 fully saturated rings. The van der Waals surface area contributed by atoms with E-state index in [-0.39, 0.29) is 28.3 Å². The van der Waals surface area contributed by atoms with Gasteiger partial charge < -0.3 is 10.4 Å². The minimum absolute atomic E-state index is 0.109. The maximum atomic E-state index is 14.5. The number of aromatic nitrogens is 3. The number of unbranched alkanes of at least 4 members (excludes halogenated alkanes) is 1. The van der Waals surface area contributed by atoms with Crippen molar-refractivity contribution >= 4 is 29.3 Å². The number of thioether (sulfide) groups is 1. The first kappa shape index (κ1) is 33.9. The van der Waals surface area contributed by atoms with Crippen LogP contribution in [0.5, 0.6) is 5.75 Å². The van der Waals surface area contributed by atoms with Crippen LogP contribution in [0.3, 0.4) is 0 Å². The van der Waals surface area contributed by atoms with Crippen molar-refractivity contribution in [3.63, 3.8) is 0 Å². The lowest BCUT2D eigenvalue weighted by Gasteiger charge is -2.19. The van der Waals surface area contributed by atoms with E-state index < -0.39 is 40.4 Å². The van der Waals surface area contributed by atoms with E-state index in [0.29, 0.717) is 48.8 Å². The van der Waals surface area contributed by atoms with Gasteiger partial charge in [0.05, 0.1) is 11.3 Å². The Kier molecular flexibility index (Phi) is 11.2. The summed E-state index contributed by atoms with van der Waals surface area (Å²) in [7, 11) is 0. The van der Waals surface area contributed by atoms with Crippen molar-refractivity contribution in [2.45, 2.75) is 42.5 Å². The fourth-order valence-corrected chi connectivity index (χ4v) is 6.25. The number of halogens is 6. The van der Waals surface area contributed by atoms with Gasteiger partial charge in [0.2, 0.25) is 5.82 Å². The number of nitrogens with zero attached hydrogens (tertiary/aromatic N) is 3. The number of para-hydroxylation sites is 1. The average molecular weight is 687 g/mol. The van der Waals surface area contributed by atoms with Gasteiger partial charge in [-0.15, -0.1) is 10.2 Å². The summed E-state index contributed by atoms with van der Waals surface area (Å²) in [5.74, 6) is -10.9. The molecule has 1 amide bonds. The minimum atomic E-state index is -2.22. The van der Waals surface area contributed by atoms with Gasteiger partial charge >= 0.3 is 0 Å². The third-order valence-corrected chi connectivity index (χ3v) is 8.67. The summed E-state index contributed by atoms with van der Waals surface area (Å²) in [6.07, 6.45) is 2.42. The zero-order chi connectivity index (χ0) is 33.5. The second-order valence-electron chi connectivity index (χ2n) is 10.6. The van der Waals surface area contributed by atoms with Crippen LogP contribution in [-0.4, -0.2) is 32.3 Å². The Morgan fingerprint density at radius 2 is 1.53 bits per heavy atom. The first-order valence-electron chi connectivity index (χ1n) is 14.6. The normalized spacial score (nSPS) is 11.9. The first-order chi connectivity index (χ1) is 22.7. The number of aromatic hydroxyl groups is 1. The highest BCUT2D eigenvalue weighted by Gasteiger charge is 2.28. The Hall–Kier alpha value is -4.42. The van der Waals surface area contributed by atoms with Gasteiger partial charge in [-0.1, -0.05) is 78.3 Å². The summed E-state index contributed by atoms with van der Waals surface area (Å²) in [5.41, 5.74) is 0.771. The van der Waals surface area contributed by atoms with Gasteiger partial charge in [-0.05, 0) is 55.2 Å². The molecule has 1 atom stereocenters. The van der Waals surface area contributed by atoms with Gasteiger partial charge in [0.1, 0.15) is 11.6 Å². The van der Waals surface area contributed by atoms with Gasteiger partial charge in [0, 0.05) is 28.8 Å². The molecule has 6 nitrogen and oxygen atoms in total. The lowest BCUT2D eigenvalue weighted by Crippen LogP contribution is -2.24. The van der Waals surface area contributed by atoms with E-state index in [9.17, 15) is 31.9 Å². The first-order valence-corrected chi connectivity index (χ1v) is 16.0. The van der Waals surface area contributed by atoms with Crippen LogP contribution in [0.25, 0.3) is 5.69 Å². The van der Waals surface area contributed by atoms with Crippen LogP contribution in [0, 0.1) is 29.1 Å². The maximum absolute atomic E-state index is 14.5. The van der Waals surface area contributed by atoms with E-state index in [2.05, 4.69) is 15.5 Å². The van der Waals surface area contributed by atoms with Crippen molar-refractivity contribution in [3.05, 3.63) is 135 Å². The van der Waals surface area contributed by atoms with Crippen molar-refractivity contribution in [2.75, 3.05) is 6.54 Å². The number of phenolic OH excluding ortho intramolecular Hbond substituents is 1. The van der Waals surface area contributed by atoms with E-state index >= 15 is 0 Å². The number of amides is 1. The molecule has 5 rings (SSSR count). The Morgan fingerprint density at radius 3 is 2.23 bits per heavy atom. The lowest BCUT2D eigenvalue weighted by atomic mass is 9.93. The SMILES string of the molecule is O=C(NCCCCC(Cc1ccccc1)c1nnc(SCc2c(F)c(F)c(F)c(F)c2F)n1-c1cccc(Cl)c1)c1ccccc1O. The van der Waals surface area contributed by atoms with Crippen LogP contribution in [0.15, 0.2) is 84.0 Å². The Morgan fingerprint density at radius 1 is 0.851 bits per heavy atom. The third-order valence-electron chi connectivity index (χ3n) is 7.47. The molecule has 0 aliphatic rings. The van der Waals surface area contributed by atoms with Crippen LogP contribution >= 0.6 is 23.4 Å². The van der Waals surface area contributed by atoms with Crippen molar-refractivity contribution in [2.24, 2.45) is 0 Å². The molecular weight excluding hydrogens is 659 g/mol. The van der Waals surface area contributed by atoms with Crippen molar-refractivity contribution in [3.8, 4) is 11.4 Å². The van der Waals surface area contributed by atoms with Crippen molar-refractivity contribution in [1.29, 1.82) is 0 Å². The zero-order valence-electron chi connectivity index (χ0n) is 24.7. The molecule has 1 heterocycles. The fourth-order valence-electron chi connectivity index (χ4n) is 5.11. The van der Waals surface area contributed by atoms with E-state index in [0.717, 1.165) is 17.3 Å². The molecule has 0 saturated carbocycles. The number of nitrogens with one attached hydrogen (secondary N) is 1. The van der Waals surface area contributed by atoms with E-state index in [1.165, 1.54) is 12.1 Å². The summed E-state index contributed by atoms with van der Waals surface area (Å²) < 4.78 is 72.1. The second kappa shape index (κ2) is 15.4. The van der Waals surface area contributed by atoms with Crippen LogP contribution in [-0.2, 0) is 12.2 Å². The van der Waals surface area contributed by atoms with Gasteiger partial charge in [0.25, 0.3) is 5.91 Å². The summed E-state index contributed by atoms with van der Waals surface area (Å²) in [6, 6.07) is 22.7. The lowest BCUT2D eigenvalue weighted by molar-refractivity contribution is 0.0950. The van der Waals surface area contributed by atoms with Gasteiger partial charge in [-0.3, -0.25) is 9.36 Å². The Labute approximate surface area is 276 Å². The van der Waals surface area contributed by atoms with Crippen molar-refractivity contribution < 1.29 is 31.9 Å². The summed E-state index contributed by atoms with van der Waals surface area (Å²) >= 11 is 7.08. The molecule has 0 aliphatic heterocycles. The highest BCUT2D eigenvalue weighted by atomic mass is 35.5. The maximum Gasteiger partial charge on any atom is 0.255 e. The predicted octanol–water partition coefficient (Wildman–Crippen LogP) is 8.54. The summed E-state index contributed by atoms with van der Waals surface area (Å²) in [4.78, 5) is 12.5. The van der Waals surface area contributed by atoms with E-state index in [4.69, 9.17) is 11.6 Å². The Balaban J connectivity index is 1.41. The van der Waals surface area contributed by atoms with Crippen LogP contribution in [0.2, 0.25) is 5.02 Å². The zero-order valence-corrected chi connectivity index (χ0v) is 26.3. The molecule has 0 bridgehead atoms. The van der Waals surface area contributed by atoms with Crippen LogP contribution in [0.4, 0.5) is 22.0 Å². The number of hydrogen-bond acceptors (Lipinski definition) is 5. The molecule has 5 aromatic rings. The van der Waals surface area contributed by atoms with Gasteiger partial charge in [-0.25, -0.2) is 22.0 Å². The minimum Gasteiger partial charge on any atom is -0.507 e. The number of rotatable bonds is 13. The molecule has 1 unspecified atom stereocenters. The summed E-state index contributed by atoms with van der Waals surface area (Å²) in [6.45, 7) is 0.356. The number of carbonyl (C=O) groups excluding carboxylic acids is 1. The largest absolute Gasteiger partial charge is 0.507 e. The number of carbonyl (C=O) groups is 1. The standard InChI is InChI=1S/C34H28ClF5N4O2S/c35-22-12-8-13-23(18-22)44-32(42-43-34(44)47-19-25-27(36)29(38)31(40)30(39)28(25)37)21(17-20-9-2-1-3-10-20)11-6-7-16-41-33(46)24-14-4-5-15-26(24)45/h1-5,8-10,12-15,18,21,45H,6-7,11,16-17,19H2,(H,41,46). The quantitative estimate of drug-likeness (QED) is 0.0427. The van der Waals surface area contributed by atoms with Crippen LogP contribution < -0.4 is 5.32 Å². The topological polar surface area (TPSA) is 80.0 Å². The van der Waals surface area contributed by atoms with Crippen molar-refractivity contribution in [1.82, 2.24) is 20.1 Å². The van der Waals surface area contributed by atoms with Gasteiger partial charge in [0.15, 0.2) is 28.4 Å². The smallest absolute Gasteiger partial charge is 0.255 e. The third kappa shape index (κ3) is 7.94.